The van der Waals surface area contributed by atoms with Gasteiger partial charge in [-0.1, -0.05) is 24.3 Å². The number of carbonyl (C=O) groups is 2. The van der Waals surface area contributed by atoms with Crippen molar-refractivity contribution in [3.63, 3.8) is 0 Å². The van der Waals surface area contributed by atoms with E-state index >= 15 is 0 Å². The van der Waals surface area contributed by atoms with Crippen molar-refractivity contribution < 1.29 is 18.4 Å². The van der Waals surface area contributed by atoms with Crippen molar-refractivity contribution in [2.45, 2.75) is 18.3 Å². The number of nitrogens with one attached hydrogen (secondary N) is 1. The number of thioether (sulfide) groups is 1. The Morgan fingerprint density at radius 2 is 1.85 bits per heavy atom. The highest BCUT2D eigenvalue weighted by molar-refractivity contribution is 8.01. The van der Waals surface area contributed by atoms with Crippen LogP contribution in [0.2, 0.25) is 0 Å². The number of aryl methyl sites for hydroxylation is 1. The molecule has 2 aliphatic rings. The number of anilines is 2. The normalized spacial score (nSPS) is 19.3. The Balaban J connectivity index is 1.54. The quantitative estimate of drug-likeness (QED) is 0.575. The fourth-order valence-electron chi connectivity index (χ4n) is 4.48. The van der Waals surface area contributed by atoms with Gasteiger partial charge in [-0.15, -0.1) is 11.8 Å². The average molecular weight is 466 g/mol. The summed E-state index contributed by atoms with van der Waals surface area (Å²) in [5.74, 6) is -0.701. The number of amides is 3. The van der Waals surface area contributed by atoms with E-state index in [-0.39, 0.29) is 12.5 Å². The van der Waals surface area contributed by atoms with Crippen molar-refractivity contribution in [1.82, 2.24) is 4.90 Å². The molecule has 2 aliphatic heterocycles. The third-order valence-corrected chi connectivity index (χ3v) is 7.32. The van der Waals surface area contributed by atoms with Gasteiger partial charge < -0.3 is 10.2 Å². The van der Waals surface area contributed by atoms with Crippen molar-refractivity contribution in [1.29, 1.82) is 0 Å². The molecule has 3 aromatic carbocycles. The van der Waals surface area contributed by atoms with E-state index in [0.29, 0.717) is 34.8 Å². The minimum atomic E-state index is -1.38. The summed E-state index contributed by atoms with van der Waals surface area (Å²) in [4.78, 5) is 28.8. The average Bonchev–Trinajstić information content (AvgIpc) is 3.31. The number of halogens is 2. The maximum absolute atomic E-state index is 14.3. The van der Waals surface area contributed by atoms with Crippen LogP contribution >= 0.6 is 11.8 Å². The molecule has 0 aliphatic carbocycles. The number of rotatable bonds is 3. The van der Waals surface area contributed by atoms with Crippen LogP contribution in [0.1, 0.15) is 16.7 Å². The van der Waals surface area contributed by atoms with Gasteiger partial charge in [0.15, 0.2) is 4.87 Å². The van der Waals surface area contributed by atoms with Gasteiger partial charge in [0.2, 0.25) is 0 Å². The number of hydrogen-bond acceptors (Lipinski definition) is 3. The Labute approximate surface area is 194 Å². The molecule has 0 radical (unpaired) electrons. The molecule has 1 atom stereocenters. The molecular weight excluding hydrogens is 444 g/mol. The number of fused-ring (bicyclic) bond motifs is 2. The van der Waals surface area contributed by atoms with Crippen LogP contribution in [0.25, 0.3) is 0 Å². The van der Waals surface area contributed by atoms with E-state index in [4.69, 9.17) is 0 Å². The molecule has 1 saturated heterocycles. The third-order valence-electron chi connectivity index (χ3n) is 5.90. The molecule has 5 nitrogen and oxygen atoms in total. The third kappa shape index (κ3) is 3.64. The second kappa shape index (κ2) is 8.19. The minimum Gasteiger partial charge on any atom is -0.308 e. The fraction of sp³-hybridized carbons (Fsp3) is 0.200. The van der Waals surface area contributed by atoms with Crippen LogP contribution in [-0.2, 0) is 16.2 Å². The molecule has 2 heterocycles. The number of urea groups is 1. The van der Waals surface area contributed by atoms with Gasteiger partial charge in [-0.2, -0.15) is 0 Å². The van der Waals surface area contributed by atoms with Crippen LogP contribution < -0.4 is 10.2 Å². The van der Waals surface area contributed by atoms with Crippen molar-refractivity contribution >= 4 is 35.1 Å². The van der Waals surface area contributed by atoms with Gasteiger partial charge in [0.1, 0.15) is 11.6 Å². The number of hydrogen-bond donors (Lipinski definition) is 1. The Bertz CT molecular complexity index is 1270. The standard InChI is InChI=1S/C25H21F2N3O2S/c1-16-4-2-7-20(12-16)28-24(32)30-10-11-33-25(30)21-14-19(27)8-9-22(21)29(23(25)31)15-17-5-3-6-18(26)13-17/h2-9,12-14H,10-11,15H2,1H3,(H,28,32)/t25-/m0/s1. The maximum Gasteiger partial charge on any atom is 0.323 e. The SMILES string of the molecule is Cc1cccc(NC(=O)N2CCS[C@@]23C(=O)N(Cc2cccc(F)c2)c2ccc(F)cc23)c1. The molecule has 0 unspecified atom stereocenters. The molecule has 1 N–H and O–H groups in total. The minimum absolute atomic E-state index is 0.116. The number of nitrogens with zero attached hydrogens (tertiary/aromatic N) is 2. The van der Waals surface area contributed by atoms with Gasteiger partial charge in [0.05, 0.1) is 12.2 Å². The predicted octanol–water partition coefficient (Wildman–Crippen LogP) is 5.25. The van der Waals surface area contributed by atoms with E-state index in [0.717, 1.165) is 5.56 Å². The van der Waals surface area contributed by atoms with Crippen LogP contribution in [-0.4, -0.2) is 29.1 Å². The first kappa shape index (κ1) is 21.5. The van der Waals surface area contributed by atoms with Crippen LogP contribution in [0.3, 0.4) is 0 Å². The zero-order valence-corrected chi connectivity index (χ0v) is 18.7. The van der Waals surface area contributed by atoms with Crippen LogP contribution in [0, 0.1) is 18.6 Å². The van der Waals surface area contributed by atoms with Crippen molar-refractivity contribution in [3.05, 3.63) is 95.1 Å². The summed E-state index contributed by atoms with van der Waals surface area (Å²) in [6, 6.07) is 17.1. The summed E-state index contributed by atoms with van der Waals surface area (Å²) in [5, 5.41) is 2.87. The first-order valence-electron chi connectivity index (χ1n) is 10.5. The van der Waals surface area contributed by atoms with E-state index in [1.165, 1.54) is 45.8 Å². The van der Waals surface area contributed by atoms with Crippen molar-refractivity contribution in [3.8, 4) is 0 Å². The summed E-state index contributed by atoms with van der Waals surface area (Å²) in [5.41, 5.74) is 3.17. The fourth-order valence-corrected chi connectivity index (χ4v) is 5.93. The van der Waals surface area contributed by atoms with Crippen LogP contribution in [0.4, 0.5) is 25.0 Å². The lowest BCUT2D eigenvalue weighted by Gasteiger charge is -2.33. The Hall–Kier alpha value is -3.39. The highest BCUT2D eigenvalue weighted by Crippen LogP contribution is 2.54. The summed E-state index contributed by atoms with van der Waals surface area (Å²) in [6.45, 7) is 2.37. The van der Waals surface area contributed by atoms with E-state index in [1.807, 2.05) is 25.1 Å². The zero-order valence-electron chi connectivity index (χ0n) is 17.8. The number of carbonyl (C=O) groups excluding carboxylic acids is 2. The molecule has 5 rings (SSSR count). The second-order valence-corrected chi connectivity index (χ2v) is 9.41. The molecule has 3 amide bonds. The summed E-state index contributed by atoms with van der Waals surface area (Å²) in [6.07, 6.45) is 0. The number of benzene rings is 3. The topological polar surface area (TPSA) is 52.7 Å². The van der Waals surface area contributed by atoms with E-state index in [1.54, 1.807) is 24.3 Å². The lowest BCUT2D eigenvalue weighted by Crippen LogP contribution is -2.51. The largest absolute Gasteiger partial charge is 0.323 e. The Morgan fingerprint density at radius 3 is 2.64 bits per heavy atom. The van der Waals surface area contributed by atoms with Gasteiger partial charge in [-0.25, -0.2) is 13.6 Å². The molecular formula is C25H21F2N3O2S. The summed E-state index contributed by atoms with van der Waals surface area (Å²) in [7, 11) is 0. The van der Waals surface area contributed by atoms with Gasteiger partial charge in [-0.3, -0.25) is 9.69 Å². The molecule has 1 fully saturated rings. The van der Waals surface area contributed by atoms with E-state index in [2.05, 4.69) is 5.32 Å². The predicted molar refractivity (Wildman–Crippen MR) is 125 cm³/mol. The van der Waals surface area contributed by atoms with Crippen molar-refractivity contribution in [2.24, 2.45) is 0 Å². The second-order valence-electron chi connectivity index (χ2n) is 8.13. The molecule has 0 saturated carbocycles. The maximum atomic E-state index is 14.3. The smallest absolute Gasteiger partial charge is 0.308 e. The lowest BCUT2D eigenvalue weighted by molar-refractivity contribution is -0.123. The Kier molecular flexibility index (Phi) is 5.32. The van der Waals surface area contributed by atoms with Gasteiger partial charge in [-0.05, 0) is 60.5 Å². The first-order valence-corrected chi connectivity index (χ1v) is 11.5. The molecule has 8 heteroatoms. The van der Waals surface area contributed by atoms with Crippen molar-refractivity contribution in [2.75, 3.05) is 22.5 Å². The summed E-state index contributed by atoms with van der Waals surface area (Å²) < 4.78 is 28.1. The van der Waals surface area contributed by atoms with E-state index < -0.39 is 22.5 Å². The molecule has 1 spiro atoms. The Morgan fingerprint density at radius 1 is 1.06 bits per heavy atom. The molecule has 0 bridgehead atoms. The zero-order chi connectivity index (χ0) is 23.2. The molecule has 33 heavy (non-hydrogen) atoms. The summed E-state index contributed by atoms with van der Waals surface area (Å²) >= 11 is 1.31. The first-order chi connectivity index (χ1) is 15.9. The van der Waals surface area contributed by atoms with Gasteiger partial charge in [0.25, 0.3) is 5.91 Å². The lowest BCUT2D eigenvalue weighted by atomic mass is 10.1. The molecule has 0 aromatic heterocycles. The highest BCUT2D eigenvalue weighted by atomic mass is 32.2. The van der Waals surface area contributed by atoms with Crippen LogP contribution in [0.5, 0.6) is 0 Å². The van der Waals surface area contributed by atoms with Crippen LogP contribution in [0.15, 0.2) is 66.7 Å². The molecule has 168 valence electrons. The van der Waals surface area contributed by atoms with Gasteiger partial charge in [0, 0.05) is 23.5 Å². The monoisotopic (exact) mass is 465 g/mol. The van der Waals surface area contributed by atoms with Gasteiger partial charge >= 0.3 is 6.03 Å². The highest BCUT2D eigenvalue weighted by Gasteiger charge is 2.59. The molecule has 3 aromatic rings. The van der Waals surface area contributed by atoms with E-state index in [9.17, 15) is 18.4 Å².